The Hall–Kier alpha value is -3.06. The standard InChI is InChI=1S/C23H25NO3/c1-2-3-16-22(25)24(17-10-13-20-11-6-4-7-12-20)18-19-27-23(26)21-14-8-5-9-15-21/h4-9,11-12,14-15H,2-3,13,16,18-19H2,1H3. The number of amides is 1. The molecule has 0 aromatic heterocycles. The van der Waals surface area contributed by atoms with Gasteiger partial charge in [0.15, 0.2) is 0 Å². The van der Waals surface area contributed by atoms with Crippen LogP contribution >= 0.6 is 0 Å². The number of rotatable bonds is 8. The Labute approximate surface area is 161 Å². The van der Waals surface area contributed by atoms with E-state index in [0.717, 1.165) is 18.4 Å². The maximum Gasteiger partial charge on any atom is 0.338 e. The fourth-order valence-electron chi connectivity index (χ4n) is 2.43. The van der Waals surface area contributed by atoms with E-state index >= 15 is 0 Å². The minimum absolute atomic E-state index is 0.0341. The molecule has 140 valence electrons. The van der Waals surface area contributed by atoms with E-state index in [0.29, 0.717) is 18.4 Å². The zero-order valence-electron chi connectivity index (χ0n) is 15.7. The summed E-state index contributed by atoms with van der Waals surface area (Å²) in [5, 5.41) is 0. The summed E-state index contributed by atoms with van der Waals surface area (Å²) in [6.07, 6.45) is 2.78. The molecule has 0 aliphatic heterocycles. The van der Waals surface area contributed by atoms with E-state index in [4.69, 9.17) is 4.74 Å². The molecule has 0 unspecified atom stereocenters. The Balaban J connectivity index is 1.91. The molecule has 27 heavy (non-hydrogen) atoms. The summed E-state index contributed by atoms with van der Waals surface area (Å²) in [6, 6.07) is 21.6. The molecule has 0 fully saturated rings. The number of carbonyl (C=O) groups is 2. The molecule has 0 N–H and O–H groups in total. The molecule has 2 aromatic carbocycles. The second-order valence-electron chi connectivity index (χ2n) is 6.10. The predicted octanol–water partition coefficient (Wildman–Crippen LogP) is 4.07. The first-order valence-corrected chi connectivity index (χ1v) is 9.25. The lowest BCUT2D eigenvalue weighted by Gasteiger charge is -2.15. The average Bonchev–Trinajstić information content (AvgIpc) is 2.72. The first-order valence-electron chi connectivity index (χ1n) is 9.25. The monoisotopic (exact) mass is 363 g/mol. The molecular formula is C23H25NO3. The molecule has 0 heterocycles. The number of unbranched alkanes of at least 4 members (excludes halogenated alkanes) is 1. The Kier molecular flexibility index (Phi) is 8.65. The molecule has 0 spiro atoms. The van der Waals surface area contributed by atoms with Gasteiger partial charge < -0.3 is 4.74 Å². The van der Waals surface area contributed by atoms with Gasteiger partial charge in [-0.25, -0.2) is 4.79 Å². The fraction of sp³-hybridized carbons (Fsp3) is 0.304. The largest absolute Gasteiger partial charge is 0.460 e. The van der Waals surface area contributed by atoms with Crippen molar-refractivity contribution in [1.29, 1.82) is 0 Å². The first-order chi connectivity index (χ1) is 13.2. The normalized spacial score (nSPS) is 9.81. The van der Waals surface area contributed by atoms with Gasteiger partial charge in [-0.2, -0.15) is 0 Å². The van der Waals surface area contributed by atoms with E-state index in [1.54, 1.807) is 24.3 Å². The molecule has 4 heteroatoms. The average molecular weight is 363 g/mol. The zero-order valence-corrected chi connectivity index (χ0v) is 15.7. The number of nitrogens with zero attached hydrogens (tertiary/aromatic N) is 1. The maximum atomic E-state index is 12.4. The van der Waals surface area contributed by atoms with Gasteiger partial charge >= 0.3 is 5.97 Å². The Morgan fingerprint density at radius 3 is 2.33 bits per heavy atom. The summed E-state index contributed by atoms with van der Waals surface area (Å²) in [5.74, 6) is 2.61. The van der Waals surface area contributed by atoms with Gasteiger partial charge in [0.2, 0.25) is 5.91 Å². The highest BCUT2D eigenvalue weighted by molar-refractivity contribution is 5.89. The number of ether oxygens (including phenoxy) is 1. The van der Waals surface area contributed by atoms with E-state index < -0.39 is 5.97 Å². The highest BCUT2D eigenvalue weighted by Crippen LogP contribution is 2.04. The van der Waals surface area contributed by atoms with E-state index in [9.17, 15) is 9.59 Å². The highest BCUT2D eigenvalue weighted by atomic mass is 16.5. The first kappa shape index (κ1) is 20.3. The Morgan fingerprint density at radius 2 is 1.67 bits per heavy atom. The highest BCUT2D eigenvalue weighted by Gasteiger charge is 2.12. The zero-order chi connectivity index (χ0) is 19.3. The lowest BCUT2D eigenvalue weighted by atomic mass is 10.2. The minimum atomic E-state index is -0.395. The van der Waals surface area contributed by atoms with Gasteiger partial charge in [0.1, 0.15) is 6.61 Å². The van der Waals surface area contributed by atoms with Crippen LogP contribution in [0.25, 0.3) is 0 Å². The van der Waals surface area contributed by atoms with Gasteiger partial charge in [0, 0.05) is 18.9 Å². The van der Waals surface area contributed by atoms with Gasteiger partial charge in [-0.05, 0) is 24.1 Å². The van der Waals surface area contributed by atoms with Crippen molar-refractivity contribution in [2.24, 2.45) is 0 Å². The number of esters is 1. The molecule has 2 rings (SSSR count). The van der Waals surface area contributed by atoms with E-state index in [1.165, 1.54) is 4.90 Å². The fourth-order valence-corrected chi connectivity index (χ4v) is 2.43. The van der Waals surface area contributed by atoms with Crippen molar-refractivity contribution in [2.75, 3.05) is 13.2 Å². The minimum Gasteiger partial charge on any atom is -0.460 e. The van der Waals surface area contributed by atoms with Crippen molar-refractivity contribution >= 4 is 11.9 Å². The van der Waals surface area contributed by atoms with Crippen LogP contribution in [-0.2, 0) is 16.0 Å². The third kappa shape index (κ3) is 7.37. The van der Waals surface area contributed by atoms with E-state index in [1.807, 2.05) is 43.3 Å². The number of hydrogen-bond acceptors (Lipinski definition) is 3. The lowest BCUT2D eigenvalue weighted by molar-refractivity contribution is -0.128. The summed E-state index contributed by atoms with van der Waals surface area (Å²) < 4.78 is 5.28. The van der Waals surface area contributed by atoms with Crippen LogP contribution in [0.15, 0.2) is 60.7 Å². The van der Waals surface area contributed by atoms with Crippen LogP contribution in [0.3, 0.4) is 0 Å². The van der Waals surface area contributed by atoms with Crippen LogP contribution in [-0.4, -0.2) is 29.9 Å². The number of benzene rings is 2. The van der Waals surface area contributed by atoms with Crippen molar-refractivity contribution in [3.05, 3.63) is 71.8 Å². The summed E-state index contributed by atoms with van der Waals surface area (Å²) in [5.41, 5.74) is 1.60. The summed E-state index contributed by atoms with van der Waals surface area (Å²) >= 11 is 0. The number of carbonyl (C=O) groups excluding carboxylic acids is 2. The van der Waals surface area contributed by atoms with Crippen molar-refractivity contribution in [2.45, 2.75) is 32.6 Å². The third-order valence-corrected chi connectivity index (χ3v) is 3.95. The van der Waals surface area contributed by atoms with Gasteiger partial charge in [0.05, 0.1) is 12.1 Å². The third-order valence-electron chi connectivity index (χ3n) is 3.95. The van der Waals surface area contributed by atoms with Crippen molar-refractivity contribution in [3.8, 4) is 12.0 Å². The topological polar surface area (TPSA) is 46.6 Å². The van der Waals surface area contributed by atoms with Crippen LogP contribution in [0.2, 0.25) is 0 Å². The van der Waals surface area contributed by atoms with E-state index in [-0.39, 0.29) is 19.1 Å². The van der Waals surface area contributed by atoms with Gasteiger partial charge in [-0.1, -0.05) is 67.8 Å². The van der Waals surface area contributed by atoms with E-state index in [2.05, 4.69) is 12.0 Å². The molecule has 0 bridgehead atoms. The van der Waals surface area contributed by atoms with Crippen LogP contribution < -0.4 is 0 Å². The van der Waals surface area contributed by atoms with Gasteiger partial charge in [-0.15, -0.1) is 0 Å². The molecule has 0 aliphatic carbocycles. The predicted molar refractivity (Wildman–Crippen MR) is 106 cm³/mol. The second-order valence-corrected chi connectivity index (χ2v) is 6.10. The van der Waals surface area contributed by atoms with Gasteiger partial charge in [-0.3, -0.25) is 9.69 Å². The maximum absolute atomic E-state index is 12.4. The Morgan fingerprint density at radius 1 is 1.00 bits per heavy atom. The molecule has 0 aliphatic rings. The van der Waals surface area contributed by atoms with Crippen molar-refractivity contribution < 1.29 is 14.3 Å². The molecule has 2 aromatic rings. The quantitative estimate of drug-likeness (QED) is 0.404. The van der Waals surface area contributed by atoms with Crippen LogP contribution in [0.4, 0.5) is 0 Å². The molecular weight excluding hydrogens is 338 g/mol. The van der Waals surface area contributed by atoms with Crippen molar-refractivity contribution in [3.63, 3.8) is 0 Å². The van der Waals surface area contributed by atoms with Crippen LogP contribution in [0.1, 0.15) is 42.1 Å². The summed E-state index contributed by atoms with van der Waals surface area (Å²) in [6.45, 7) is 2.43. The Bertz CT molecular complexity index is 776. The molecule has 0 atom stereocenters. The number of hydrogen-bond donors (Lipinski definition) is 0. The molecule has 0 saturated heterocycles. The SMILES string of the molecule is CCCCC(=O)N(C#CCc1ccccc1)CCOC(=O)c1ccccc1. The molecule has 4 nitrogen and oxygen atoms in total. The van der Waals surface area contributed by atoms with Gasteiger partial charge in [0.25, 0.3) is 0 Å². The van der Waals surface area contributed by atoms with Crippen molar-refractivity contribution in [1.82, 2.24) is 4.90 Å². The van der Waals surface area contributed by atoms with Crippen LogP contribution in [0.5, 0.6) is 0 Å². The molecule has 1 amide bonds. The smallest absolute Gasteiger partial charge is 0.338 e. The second kappa shape index (κ2) is 11.5. The van der Waals surface area contributed by atoms with Crippen LogP contribution in [0, 0.1) is 12.0 Å². The lowest BCUT2D eigenvalue weighted by Crippen LogP contribution is -2.30. The molecule has 0 radical (unpaired) electrons. The summed E-state index contributed by atoms with van der Waals surface area (Å²) in [4.78, 5) is 25.8. The summed E-state index contributed by atoms with van der Waals surface area (Å²) in [7, 11) is 0. The molecule has 0 saturated carbocycles.